The van der Waals surface area contributed by atoms with E-state index in [4.69, 9.17) is 9.47 Å². The van der Waals surface area contributed by atoms with E-state index in [0.29, 0.717) is 17.2 Å². The van der Waals surface area contributed by atoms with E-state index < -0.39 is 22.8 Å². The van der Waals surface area contributed by atoms with Gasteiger partial charge in [0, 0.05) is 36.7 Å². The molecule has 0 radical (unpaired) electrons. The molecule has 1 aromatic heterocycles. The van der Waals surface area contributed by atoms with Crippen LogP contribution in [0.4, 0.5) is 5.69 Å². The summed E-state index contributed by atoms with van der Waals surface area (Å²) < 4.78 is 12.8. The maximum Gasteiger partial charge on any atom is 0.265 e. The highest BCUT2D eigenvalue weighted by atomic mass is 16.7. The van der Waals surface area contributed by atoms with Crippen LogP contribution in [0.25, 0.3) is 0 Å². The van der Waals surface area contributed by atoms with Crippen molar-refractivity contribution in [3.05, 3.63) is 51.0 Å². The SMILES string of the molecule is O=C(Cn1[nH]c(=O)ccc1=O)Nc1ccc2c(c1)OC1(CCCC1)O2. The summed E-state index contributed by atoms with van der Waals surface area (Å²) in [5.74, 6) is 0.286. The minimum absolute atomic E-state index is 0.284. The molecule has 0 atom stereocenters. The average molecular weight is 343 g/mol. The first-order valence-electron chi connectivity index (χ1n) is 8.15. The van der Waals surface area contributed by atoms with E-state index in [-0.39, 0.29) is 6.54 Å². The molecule has 4 rings (SSSR count). The normalized spacial score (nSPS) is 17.0. The van der Waals surface area contributed by atoms with E-state index >= 15 is 0 Å². The van der Waals surface area contributed by atoms with Gasteiger partial charge in [-0.1, -0.05) is 0 Å². The van der Waals surface area contributed by atoms with Gasteiger partial charge >= 0.3 is 0 Å². The monoisotopic (exact) mass is 343 g/mol. The number of carbonyl (C=O) groups excluding carboxylic acids is 1. The van der Waals surface area contributed by atoms with Gasteiger partial charge in [0.15, 0.2) is 11.5 Å². The first-order valence-corrected chi connectivity index (χ1v) is 8.15. The number of rotatable bonds is 3. The summed E-state index contributed by atoms with van der Waals surface area (Å²) in [6.45, 7) is -0.284. The zero-order valence-corrected chi connectivity index (χ0v) is 13.4. The molecule has 2 aromatic rings. The third kappa shape index (κ3) is 3.02. The maximum absolute atomic E-state index is 12.1. The third-order valence-corrected chi connectivity index (χ3v) is 4.37. The number of benzene rings is 1. The Kier molecular flexibility index (Phi) is 3.60. The van der Waals surface area contributed by atoms with Gasteiger partial charge in [-0.2, -0.15) is 0 Å². The summed E-state index contributed by atoms with van der Waals surface area (Å²) in [5, 5.41) is 5.00. The van der Waals surface area contributed by atoms with Crippen LogP contribution in [0.15, 0.2) is 39.9 Å². The molecule has 0 saturated heterocycles. The average Bonchev–Trinajstić information content (AvgIpc) is 3.16. The number of anilines is 1. The van der Waals surface area contributed by atoms with Gasteiger partial charge in [0.1, 0.15) is 6.54 Å². The first-order chi connectivity index (χ1) is 12.0. The van der Waals surface area contributed by atoms with Crippen molar-refractivity contribution in [3.63, 3.8) is 0 Å². The molecule has 1 aromatic carbocycles. The van der Waals surface area contributed by atoms with Crippen molar-refractivity contribution < 1.29 is 14.3 Å². The van der Waals surface area contributed by atoms with Crippen LogP contribution in [-0.4, -0.2) is 21.5 Å². The van der Waals surface area contributed by atoms with Crippen molar-refractivity contribution >= 4 is 11.6 Å². The highest BCUT2D eigenvalue weighted by Gasteiger charge is 2.44. The summed E-state index contributed by atoms with van der Waals surface area (Å²) in [7, 11) is 0. The second-order valence-corrected chi connectivity index (χ2v) is 6.27. The predicted molar refractivity (Wildman–Crippen MR) is 88.8 cm³/mol. The van der Waals surface area contributed by atoms with Crippen molar-refractivity contribution in [1.29, 1.82) is 0 Å². The van der Waals surface area contributed by atoms with E-state index in [1.807, 2.05) is 0 Å². The molecular weight excluding hydrogens is 326 g/mol. The second kappa shape index (κ2) is 5.80. The maximum atomic E-state index is 12.1. The van der Waals surface area contributed by atoms with Crippen LogP contribution in [0, 0.1) is 0 Å². The minimum atomic E-state index is -0.554. The van der Waals surface area contributed by atoms with Gasteiger partial charge in [-0.15, -0.1) is 0 Å². The lowest BCUT2D eigenvalue weighted by Crippen LogP contribution is -2.34. The standard InChI is InChI=1S/C17H17N3O5/c21-14-5-6-16(23)20(19-14)10-15(22)18-11-3-4-12-13(9-11)25-17(24-12)7-1-2-8-17/h3-6,9H,1-2,7-8,10H2,(H,18,22)(H,19,21). The lowest BCUT2D eigenvalue weighted by molar-refractivity contribution is -0.117. The number of amides is 1. The largest absolute Gasteiger partial charge is 0.448 e. The fourth-order valence-corrected chi connectivity index (χ4v) is 3.21. The van der Waals surface area contributed by atoms with E-state index in [2.05, 4.69) is 10.4 Å². The van der Waals surface area contributed by atoms with Crippen LogP contribution in [0.5, 0.6) is 11.5 Å². The lowest BCUT2D eigenvalue weighted by Gasteiger charge is -2.21. The summed E-state index contributed by atoms with van der Waals surface area (Å²) in [6, 6.07) is 7.41. The number of fused-ring (bicyclic) bond motifs is 1. The molecule has 1 amide bonds. The smallest absolute Gasteiger partial charge is 0.265 e. The number of ether oxygens (including phenoxy) is 2. The number of carbonyl (C=O) groups is 1. The molecule has 1 aliphatic carbocycles. The van der Waals surface area contributed by atoms with Crippen molar-refractivity contribution in [2.45, 2.75) is 38.0 Å². The molecule has 1 aliphatic heterocycles. The van der Waals surface area contributed by atoms with Crippen molar-refractivity contribution in [2.75, 3.05) is 5.32 Å². The topological polar surface area (TPSA) is 102 Å². The number of hydrogen-bond acceptors (Lipinski definition) is 5. The Bertz CT molecular complexity index is 940. The van der Waals surface area contributed by atoms with E-state index in [1.54, 1.807) is 18.2 Å². The van der Waals surface area contributed by atoms with E-state index in [9.17, 15) is 14.4 Å². The molecule has 2 heterocycles. The Morgan fingerprint density at radius 3 is 2.68 bits per heavy atom. The van der Waals surface area contributed by atoms with Crippen molar-refractivity contribution in [1.82, 2.24) is 9.78 Å². The van der Waals surface area contributed by atoms with Gasteiger partial charge in [0.25, 0.3) is 16.9 Å². The molecule has 8 nitrogen and oxygen atoms in total. The van der Waals surface area contributed by atoms with Crippen LogP contribution < -0.4 is 25.9 Å². The zero-order valence-electron chi connectivity index (χ0n) is 13.4. The van der Waals surface area contributed by atoms with Gasteiger partial charge < -0.3 is 14.8 Å². The summed E-state index contributed by atoms with van der Waals surface area (Å²) in [6.07, 6.45) is 3.85. The molecular formula is C17H17N3O5. The number of hydrogen-bond donors (Lipinski definition) is 2. The fraction of sp³-hybridized carbons (Fsp3) is 0.353. The summed E-state index contributed by atoms with van der Waals surface area (Å²) in [5.41, 5.74) is -0.366. The van der Waals surface area contributed by atoms with Crippen LogP contribution in [0.2, 0.25) is 0 Å². The van der Waals surface area contributed by atoms with Crippen molar-refractivity contribution in [2.24, 2.45) is 0 Å². The number of nitrogens with one attached hydrogen (secondary N) is 2. The van der Waals surface area contributed by atoms with Gasteiger partial charge in [-0.3, -0.25) is 19.5 Å². The Morgan fingerprint density at radius 1 is 1.12 bits per heavy atom. The summed E-state index contributed by atoms with van der Waals surface area (Å²) in [4.78, 5) is 35.0. The van der Waals surface area contributed by atoms with E-state index in [1.165, 1.54) is 0 Å². The van der Waals surface area contributed by atoms with Crippen LogP contribution in [-0.2, 0) is 11.3 Å². The number of nitrogens with zero attached hydrogens (tertiary/aromatic N) is 1. The van der Waals surface area contributed by atoms with Gasteiger partial charge in [0.2, 0.25) is 5.91 Å². The predicted octanol–water partition coefficient (Wildman–Crippen LogP) is 1.22. The Hall–Kier alpha value is -3.03. The fourth-order valence-electron chi connectivity index (χ4n) is 3.21. The highest BCUT2D eigenvalue weighted by Crippen LogP contribution is 2.47. The van der Waals surface area contributed by atoms with E-state index in [0.717, 1.165) is 42.5 Å². The molecule has 25 heavy (non-hydrogen) atoms. The second-order valence-electron chi connectivity index (χ2n) is 6.27. The third-order valence-electron chi connectivity index (χ3n) is 4.37. The Labute approximate surface area is 142 Å². The molecule has 8 heteroatoms. The van der Waals surface area contributed by atoms with Crippen molar-refractivity contribution in [3.8, 4) is 11.5 Å². The number of H-pyrrole nitrogens is 1. The molecule has 0 unspecified atom stereocenters. The van der Waals surface area contributed by atoms with Gasteiger partial charge in [-0.25, -0.2) is 4.68 Å². The highest BCUT2D eigenvalue weighted by molar-refractivity contribution is 5.90. The lowest BCUT2D eigenvalue weighted by atomic mass is 10.2. The minimum Gasteiger partial charge on any atom is -0.448 e. The number of aromatic nitrogens is 2. The molecule has 2 N–H and O–H groups in total. The Balaban J connectivity index is 1.47. The van der Waals surface area contributed by atoms with Gasteiger partial charge in [-0.05, 0) is 25.0 Å². The summed E-state index contributed by atoms with van der Waals surface area (Å²) >= 11 is 0. The van der Waals surface area contributed by atoms with Gasteiger partial charge in [0.05, 0.1) is 0 Å². The van der Waals surface area contributed by atoms with Crippen LogP contribution >= 0.6 is 0 Å². The molecule has 130 valence electrons. The molecule has 1 fully saturated rings. The van der Waals surface area contributed by atoms with Crippen LogP contribution in [0.1, 0.15) is 25.7 Å². The molecule has 1 saturated carbocycles. The first kappa shape index (κ1) is 15.5. The molecule has 2 aliphatic rings. The van der Waals surface area contributed by atoms with Crippen LogP contribution in [0.3, 0.4) is 0 Å². The quantitative estimate of drug-likeness (QED) is 0.872. The molecule has 0 bridgehead atoms. The zero-order chi connectivity index (χ0) is 17.4. The number of aromatic amines is 1. The molecule has 1 spiro atoms. The Morgan fingerprint density at radius 2 is 1.88 bits per heavy atom.